The lowest BCUT2D eigenvalue weighted by Gasteiger charge is -2.12. The van der Waals surface area contributed by atoms with Crippen LogP contribution in [-0.2, 0) is 20.2 Å². The number of amides is 1. The zero-order valence-corrected chi connectivity index (χ0v) is 24.9. The SMILES string of the molecule is Cc1cc(O)ccc1N=Nc1ccc(C(=O)Nc2ccc(N=Nc3ccc(S(=O)(=O)O)cc3)c3ccc(S(=O)(=O)O)cc23)cc1. The number of phenols is 1. The van der Waals surface area contributed by atoms with Crippen LogP contribution in [0.15, 0.2) is 127 Å². The molecule has 0 aliphatic rings. The summed E-state index contributed by atoms with van der Waals surface area (Å²) in [7, 11) is -8.96. The van der Waals surface area contributed by atoms with Gasteiger partial charge >= 0.3 is 0 Å². The maximum atomic E-state index is 13.1. The smallest absolute Gasteiger partial charge is 0.294 e. The first kappa shape index (κ1) is 31.1. The van der Waals surface area contributed by atoms with Crippen molar-refractivity contribution in [1.29, 1.82) is 0 Å². The molecule has 0 bridgehead atoms. The van der Waals surface area contributed by atoms with Crippen molar-refractivity contribution in [3.05, 3.63) is 108 Å². The van der Waals surface area contributed by atoms with Crippen molar-refractivity contribution in [3.8, 4) is 5.75 Å². The summed E-state index contributed by atoms with van der Waals surface area (Å²) in [6, 6.07) is 22.7. The molecule has 5 rings (SSSR count). The molecule has 5 aromatic carbocycles. The molecule has 1 amide bonds. The first-order chi connectivity index (χ1) is 21.3. The number of rotatable bonds is 8. The Morgan fingerprint density at radius 2 is 1.18 bits per heavy atom. The number of aromatic hydroxyl groups is 1. The van der Waals surface area contributed by atoms with E-state index in [1.54, 1.807) is 31.2 Å². The zero-order valence-electron chi connectivity index (χ0n) is 23.2. The Labute approximate surface area is 257 Å². The predicted molar refractivity (Wildman–Crippen MR) is 166 cm³/mol. The summed E-state index contributed by atoms with van der Waals surface area (Å²) < 4.78 is 65.1. The monoisotopic (exact) mass is 645 g/mol. The molecular weight excluding hydrogens is 622 g/mol. The van der Waals surface area contributed by atoms with E-state index in [2.05, 4.69) is 25.8 Å². The predicted octanol–water partition coefficient (Wildman–Crippen LogP) is 7.43. The average Bonchev–Trinajstić information content (AvgIpc) is 2.99. The molecule has 0 aliphatic heterocycles. The van der Waals surface area contributed by atoms with Crippen LogP contribution in [-0.4, -0.2) is 37.0 Å². The van der Waals surface area contributed by atoms with Gasteiger partial charge in [0.2, 0.25) is 0 Å². The van der Waals surface area contributed by atoms with Crippen molar-refractivity contribution in [2.45, 2.75) is 16.7 Å². The van der Waals surface area contributed by atoms with Crippen molar-refractivity contribution >= 4 is 65.4 Å². The second-order valence-corrected chi connectivity index (χ2v) is 12.5. The largest absolute Gasteiger partial charge is 0.508 e. The van der Waals surface area contributed by atoms with Gasteiger partial charge in [0, 0.05) is 22.0 Å². The third-order valence-electron chi connectivity index (χ3n) is 6.50. The summed E-state index contributed by atoms with van der Waals surface area (Å²) >= 11 is 0. The van der Waals surface area contributed by atoms with Gasteiger partial charge in [-0.1, -0.05) is 6.07 Å². The topological polar surface area (TPSA) is 208 Å². The Bertz CT molecular complexity index is 2220. The van der Waals surface area contributed by atoms with E-state index in [0.29, 0.717) is 16.8 Å². The van der Waals surface area contributed by atoms with Gasteiger partial charge in [0.15, 0.2) is 0 Å². The van der Waals surface area contributed by atoms with E-state index in [4.69, 9.17) is 4.55 Å². The molecule has 13 nitrogen and oxygen atoms in total. The molecule has 15 heteroatoms. The van der Waals surface area contributed by atoms with Crippen LogP contribution in [0.3, 0.4) is 0 Å². The van der Waals surface area contributed by atoms with E-state index < -0.39 is 31.0 Å². The number of phenolic OH excluding ortho intramolecular Hbond substituents is 1. The van der Waals surface area contributed by atoms with E-state index in [1.807, 2.05) is 0 Å². The van der Waals surface area contributed by atoms with Gasteiger partial charge in [0.1, 0.15) is 5.75 Å². The van der Waals surface area contributed by atoms with Crippen LogP contribution in [0, 0.1) is 6.92 Å². The maximum absolute atomic E-state index is 13.1. The molecule has 0 radical (unpaired) electrons. The fourth-order valence-corrected chi connectivity index (χ4v) is 5.19. The third kappa shape index (κ3) is 7.42. The van der Waals surface area contributed by atoms with Crippen molar-refractivity contribution in [2.75, 3.05) is 5.32 Å². The number of aryl methyl sites for hydroxylation is 1. The number of benzene rings is 5. The van der Waals surface area contributed by atoms with Gasteiger partial charge in [-0.3, -0.25) is 13.9 Å². The Hall–Kier alpha value is -5.35. The third-order valence-corrected chi connectivity index (χ3v) is 8.22. The Balaban J connectivity index is 1.42. The number of hydrogen-bond acceptors (Lipinski definition) is 10. The lowest BCUT2D eigenvalue weighted by molar-refractivity contribution is 0.102. The molecule has 0 spiro atoms. The summed E-state index contributed by atoms with van der Waals surface area (Å²) in [5.74, 6) is -0.395. The van der Waals surface area contributed by atoms with Gasteiger partial charge in [0.05, 0.1) is 32.5 Å². The van der Waals surface area contributed by atoms with Gasteiger partial charge in [-0.15, -0.1) is 5.11 Å². The lowest BCUT2D eigenvalue weighted by atomic mass is 10.1. The Morgan fingerprint density at radius 3 is 1.78 bits per heavy atom. The van der Waals surface area contributed by atoms with Gasteiger partial charge in [-0.05, 0) is 103 Å². The van der Waals surface area contributed by atoms with Crippen LogP contribution in [0.2, 0.25) is 0 Å². The maximum Gasteiger partial charge on any atom is 0.294 e. The summed E-state index contributed by atoms with van der Waals surface area (Å²) in [6.07, 6.45) is 0. The highest BCUT2D eigenvalue weighted by Crippen LogP contribution is 2.35. The summed E-state index contributed by atoms with van der Waals surface area (Å²) in [4.78, 5) is 12.4. The molecule has 0 unspecified atom stereocenters. The summed E-state index contributed by atoms with van der Waals surface area (Å²) in [5, 5.41) is 29.5. The van der Waals surface area contributed by atoms with Crippen LogP contribution >= 0.6 is 0 Å². The molecule has 0 heterocycles. The van der Waals surface area contributed by atoms with E-state index in [-0.39, 0.29) is 38.7 Å². The van der Waals surface area contributed by atoms with Gasteiger partial charge in [0.25, 0.3) is 26.1 Å². The van der Waals surface area contributed by atoms with Crippen LogP contribution < -0.4 is 5.32 Å². The Kier molecular flexibility index (Phi) is 8.52. The number of fused-ring (bicyclic) bond motifs is 1. The highest BCUT2D eigenvalue weighted by atomic mass is 32.2. The van der Waals surface area contributed by atoms with Gasteiger partial charge in [-0.2, -0.15) is 32.2 Å². The lowest BCUT2D eigenvalue weighted by Crippen LogP contribution is -2.12. The van der Waals surface area contributed by atoms with Gasteiger partial charge in [-0.25, -0.2) is 0 Å². The molecule has 0 saturated carbocycles. The summed E-state index contributed by atoms with van der Waals surface area (Å²) in [6.45, 7) is 1.78. The number of carbonyl (C=O) groups is 1. The number of azo groups is 2. The number of nitrogens with zero attached hydrogens (tertiary/aromatic N) is 4. The van der Waals surface area contributed by atoms with Crippen LogP contribution in [0.4, 0.5) is 28.4 Å². The number of hydrogen-bond donors (Lipinski definition) is 4. The van der Waals surface area contributed by atoms with Crippen LogP contribution in [0.25, 0.3) is 10.8 Å². The molecule has 0 fully saturated rings. The fraction of sp³-hybridized carbons (Fsp3) is 0.0333. The minimum absolute atomic E-state index is 0.120. The molecule has 5 aromatic rings. The second kappa shape index (κ2) is 12.3. The minimum atomic E-state index is -4.58. The van der Waals surface area contributed by atoms with Gasteiger partial charge < -0.3 is 10.4 Å². The molecule has 45 heavy (non-hydrogen) atoms. The zero-order chi connectivity index (χ0) is 32.4. The van der Waals surface area contributed by atoms with E-state index in [0.717, 1.165) is 17.7 Å². The van der Waals surface area contributed by atoms with E-state index in [1.165, 1.54) is 60.7 Å². The first-order valence-corrected chi connectivity index (χ1v) is 15.8. The number of nitrogens with one attached hydrogen (secondary N) is 1. The van der Waals surface area contributed by atoms with E-state index >= 15 is 0 Å². The average molecular weight is 646 g/mol. The quantitative estimate of drug-likeness (QED) is 0.0982. The highest BCUT2D eigenvalue weighted by molar-refractivity contribution is 7.86. The number of anilines is 1. The number of carbonyl (C=O) groups excluding carboxylic acids is 1. The Morgan fingerprint density at radius 1 is 0.622 bits per heavy atom. The van der Waals surface area contributed by atoms with Crippen molar-refractivity contribution < 1.29 is 35.8 Å². The first-order valence-electron chi connectivity index (χ1n) is 12.9. The van der Waals surface area contributed by atoms with Crippen molar-refractivity contribution in [2.24, 2.45) is 20.5 Å². The molecule has 0 atom stereocenters. The normalized spacial score (nSPS) is 12.2. The van der Waals surface area contributed by atoms with Crippen LogP contribution in [0.1, 0.15) is 15.9 Å². The molecule has 4 N–H and O–H groups in total. The standard InChI is InChI=1S/C30H23N5O8S2/c1-18-16-22(36)8-13-27(18)34-32-20-4-2-19(3-5-20)30(37)31-28-14-15-29(25-12-11-24(17-26(25)28)45(41,42)43)35-33-21-6-9-23(10-7-21)44(38,39)40/h2-17,36H,1H3,(H,31,37)(H,38,39,40)(H,41,42,43). The fourth-order valence-electron chi connectivity index (χ4n) is 4.20. The molecule has 0 aliphatic carbocycles. The molecule has 0 saturated heterocycles. The molecular formula is C30H23N5O8S2. The summed E-state index contributed by atoms with van der Waals surface area (Å²) in [5.41, 5.74) is 2.83. The second-order valence-electron chi connectivity index (χ2n) is 9.66. The highest BCUT2D eigenvalue weighted by Gasteiger charge is 2.16. The molecule has 228 valence electrons. The van der Waals surface area contributed by atoms with Crippen LogP contribution in [0.5, 0.6) is 5.75 Å². The van der Waals surface area contributed by atoms with Crippen molar-refractivity contribution in [1.82, 2.24) is 0 Å². The van der Waals surface area contributed by atoms with Crippen molar-refractivity contribution in [3.63, 3.8) is 0 Å². The van der Waals surface area contributed by atoms with E-state index in [9.17, 15) is 31.3 Å². The minimum Gasteiger partial charge on any atom is -0.508 e. The molecule has 0 aromatic heterocycles.